The van der Waals surface area contributed by atoms with Crippen LogP contribution in [0.2, 0.25) is 0 Å². The average molecular weight is 592 g/mol. The molecule has 0 aliphatic rings. The van der Waals surface area contributed by atoms with Crippen LogP contribution in [-0.2, 0) is 14.3 Å². The third kappa shape index (κ3) is 8.99. The van der Waals surface area contributed by atoms with E-state index in [1.54, 1.807) is 25.7 Å². The maximum Gasteiger partial charge on any atom is 0.408 e. The third-order valence-corrected chi connectivity index (χ3v) is 7.59. The first-order valence-corrected chi connectivity index (χ1v) is 15.3. The minimum atomic E-state index is -0.976. The molecule has 3 amide bonds. The van der Waals surface area contributed by atoms with E-state index in [2.05, 4.69) is 30.2 Å². The first-order chi connectivity index (χ1) is 19.9. The number of anilines is 1. The predicted molar refractivity (Wildman–Crippen MR) is 174 cm³/mol. The molecule has 0 heterocycles. The fraction of sp³-hybridized carbons (Fsp3) is 0.441. The Morgan fingerprint density at radius 1 is 0.929 bits per heavy atom. The molecule has 0 fully saturated rings. The number of nitrogens with zero attached hydrogens (tertiary/aromatic N) is 1. The molecule has 2 atom stereocenters. The Balaban J connectivity index is 2.03. The van der Waals surface area contributed by atoms with E-state index in [-0.39, 0.29) is 17.6 Å². The number of nitrogens with one attached hydrogen (secondary N) is 2. The van der Waals surface area contributed by atoms with Crippen LogP contribution >= 0.6 is 12.6 Å². The molecule has 3 rings (SSSR count). The highest BCUT2D eigenvalue weighted by molar-refractivity contribution is 7.80. The van der Waals surface area contributed by atoms with E-state index in [0.29, 0.717) is 12.2 Å². The summed E-state index contributed by atoms with van der Waals surface area (Å²) in [7, 11) is 0. The van der Waals surface area contributed by atoms with Crippen LogP contribution < -0.4 is 10.6 Å². The van der Waals surface area contributed by atoms with Gasteiger partial charge in [-0.15, -0.1) is 0 Å². The van der Waals surface area contributed by atoms with Gasteiger partial charge in [-0.1, -0.05) is 74.7 Å². The van der Waals surface area contributed by atoms with Gasteiger partial charge in [-0.25, -0.2) is 4.79 Å². The van der Waals surface area contributed by atoms with E-state index in [1.807, 2.05) is 74.5 Å². The predicted octanol–water partition coefficient (Wildman–Crippen LogP) is 7.37. The van der Waals surface area contributed by atoms with Gasteiger partial charge in [0.15, 0.2) is 0 Å². The Kier molecular flexibility index (Phi) is 11.9. The molecule has 7 nitrogen and oxygen atoms in total. The lowest BCUT2D eigenvalue weighted by atomic mass is 9.94. The van der Waals surface area contributed by atoms with Crippen molar-refractivity contribution in [3.05, 3.63) is 77.4 Å². The number of carbonyl (C=O) groups excluding carboxylic acids is 3. The van der Waals surface area contributed by atoms with Crippen LogP contribution in [0.5, 0.6) is 0 Å². The van der Waals surface area contributed by atoms with E-state index in [9.17, 15) is 14.4 Å². The Morgan fingerprint density at radius 2 is 1.64 bits per heavy atom. The average Bonchev–Trinajstić information content (AvgIpc) is 2.94. The number of aryl methyl sites for hydroxylation is 1. The summed E-state index contributed by atoms with van der Waals surface area (Å²) < 4.78 is 5.42. The van der Waals surface area contributed by atoms with Gasteiger partial charge in [0.25, 0.3) is 5.91 Å². The van der Waals surface area contributed by atoms with Crippen LogP contribution in [0.1, 0.15) is 76.1 Å². The second-order valence-electron chi connectivity index (χ2n) is 11.7. The summed E-state index contributed by atoms with van der Waals surface area (Å²) in [6.07, 6.45) is 2.99. The smallest absolute Gasteiger partial charge is 0.408 e. The molecule has 2 N–H and O–H groups in total. The van der Waals surface area contributed by atoms with Crippen molar-refractivity contribution < 1.29 is 19.1 Å². The lowest BCUT2D eigenvalue weighted by Gasteiger charge is -2.35. The number of fused-ring (bicyclic) bond motifs is 1. The number of unbranched alkanes of at least 4 members (excludes halogenated alkanes) is 3. The van der Waals surface area contributed by atoms with Crippen molar-refractivity contribution in [2.45, 2.75) is 84.9 Å². The van der Waals surface area contributed by atoms with E-state index in [4.69, 9.17) is 4.74 Å². The maximum atomic E-state index is 14.2. The first kappa shape index (κ1) is 33.0. The zero-order chi connectivity index (χ0) is 30.9. The van der Waals surface area contributed by atoms with E-state index >= 15 is 0 Å². The molecular weight excluding hydrogens is 546 g/mol. The second-order valence-corrected chi connectivity index (χ2v) is 12.1. The molecule has 2 unspecified atom stereocenters. The van der Waals surface area contributed by atoms with Gasteiger partial charge >= 0.3 is 6.09 Å². The molecule has 0 aliphatic carbocycles. The topological polar surface area (TPSA) is 87.7 Å². The Bertz CT molecular complexity index is 1380. The highest BCUT2D eigenvalue weighted by Gasteiger charge is 2.36. The number of thiol groups is 1. The highest BCUT2D eigenvalue weighted by atomic mass is 32.1. The molecule has 0 radical (unpaired) electrons. The zero-order valence-corrected chi connectivity index (χ0v) is 26.6. The van der Waals surface area contributed by atoms with Gasteiger partial charge in [0.1, 0.15) is 17.7 Å². The standard InChI is InChI=1S/C34H45N3O4S/c1-7-8-9-12-20-37(32(39)29(22-42)36-33(40)41-34(4,5)6)30(28-17-13-14-23(2)24(28)3)31(38)35-27-19-18-25-15-10-11-16-26(25)21-27/h10-11,13-19,21,29-30,42H,7-9,12,20,22H2,1-6H3,(H,35,38)(H,36,40). The van der Waals surface area contributed by atoms with E-state index < -0.39 is 23.8 Å². The fourth-order valence-electron chi connectivity index (χ4n) is 4.91. The normalized spacial score (nSPS) is 12.8. The van der Waals surface area contributed by atoms with Crippen molar-refractivity contribution in [3.63, 3.8) is 0 Å². The van der Waals surface area contributed by atoms with Crippen molar-refractivity contribution in [1.29, 1.82) is 0 Å². The van der Waals surface area contributed by atoms with Crippen LogP contribution in [0.3, 0.4) is 0 Å². The molecule has 226 valence electrons. The SMILES string of the molecule is CCCCCCN(C(=O)C(CS)NC(=O)OC(C)(C)C)C(C(=O)Nc1ccc2ccccc2c1)c1cccc(C)c1C. The fourth-order valence-corrected chi connectivity index (χ4v) is 5.16. The minimum Gasteiger partial charge on any atom is -0.444 e. The van der Waals surface area contributed by atoms with Gasteiger partial charge in [-0.2, -0.15) is 12.6 Å². The van der Waals surface area contributed by atoms with Gasteiger partial charge in [-0.05, 0) is 80.6 Å². The van der Waals surface area contributed by atoms with Crippen LogP contribution in [0.4, 0.5) is 10.5 Å². The lowest BCUT2D eigenvalue weighted by Crippen LogP contribution is -2.53. The largest absolute Gasteiger partial charge is 0.444 e. The van der Waals surface area contributed by atoms with Crippen LogP contribution in [0.15, 0.2) is 60.7 Å². The van der Waals surface area contributed by atoms with Gasteiger partial charge in [0.2, 0.25) is 5.91 Å². The molecule has 0 bridgehead atoms. The lowest BCUT2D eigenvalue weighted by molar-refractivity contribution is -0.140. The molecule has 0 saturated heterocycles. The van der Waals surface area contributed by atoms with E-state index in [1.165, 1.54) is 0 Å². The third-order valence-electron chi connectivity index (χ3n) is 7.23. The summed E-state index contributed by atoms with van der Waals surface area (Å²) in [5.74, 6) is -0.653. The number of amides is 3. The van der Waals surface area contributed by atoms with Crippen LogP contribution in [0.25, 0.3) is 10.8 Å². The molecule has 3 aromatic rings. The number of hydrogen-bond acceptors (Lipinski definition) is 5. The van der Waals surface area contributed by atoms with Gasteiger partial charge < -0.3 is 20.3 Å². The van der Waals surface area contributed by atoms with Gasteiger partial charge in [0, 0.05) is 18.0 Å². The molecular formula is C34H45N3O4S. The molecule has 42 heavy (non-hydrogen) atoms. The molecule has 8 heteroatoms. The number of benzene rings is 3. The van der Waals surface area contributed by atoms with Crippen LogP contribution in [-0.4, -0.2) is 46.7 Å². The number of rotatable bonds is 12. The molecule has 0 aliphatic heterocycles. The monoisotopic (exact) mass is 591 g/mol. The number of carbonyl (C=O) groups is 3. The Morgan fingerprint density at radius 3 is 2.31 bits per heavy atom. The summed E-state index contributed by atoms with van der Waals surface area (Å²) >= 11 is 4.40. The quantitative estimate of drug-likeness (QED) is 0.152. The van der Waals surface area contributed by atoms with E-state index in [0.717, 1.165) is 53.1 Å². The van der Waals surface area contributed by atoms with Crippen molar-refractivity contribution in [2.24, 2.45) is 0 Å². The Labute approximate surface area is 255 Å². The van der Waals surface area contributed by atoms with Crippen molar-refractivity contribution >= 4 is 47.0 Å². The highest BCUT2D eigenvalue weighted by Crippen LogP contribution is 2.30. The summed E-state index contributed by atoms with van der Waals surface area (Å²) in [4.78, 5) is 42.7. The number of ether oxygens (including phenoxy) is 1. The number of alkyl carbamates (subject to hydrolysis) is 1. The van der Waals surface area contributed by atoms with Crippen molar-refractivity contribution in [1.82, 2.24) is 10.2 Å². The van der Waals surface area contributed by atoms with Crippen molar-refractivity contribution in [2.75, 3.05) is 17.6 Å². The summed E-state index contributed by atoms with van der Waals surface area (Å²) in [5, 5.41) is 7.84. The minimum absolute atomic E-state index is 0.0509. The molecule has 3 aromatic carbocycles. The first-order valence-electron chi connectivity index (χ1n) is 14.7. The van der Waals surface area contributed by atoms with Gasteiger partial charge in [-0.3, -0.25) is 9.59 Å². The summed E-state index contributed by atoms with van der Waals surface area (Å²) in [6.45, 7) is 11.7. The number of hydrogen-bond donors (Lipinski definition) is 3. The maximum absolute atomic E-state index is 14.2. The summed E-state index contributed by atoms with van der Waals surface area (Å²) in [6, 6.07) is 17.6. The van der Waals surface area contributed by atoms with Crippen molar-refractivity contribution in [3.8, 4) is 0 Å². The van der Waals surface area contributed by atoms with Crippen LogP contribution in [0, 0.1) is 13.8 Å². The Hall–Kier alpha value is -3.52. The molecule has 0 aromatic heterocycles. The van der Waals surface area contributed by atoms with Gasteiger partial charge in [0.05, 0.1) is 0 Å². The second kappa shape index (κ2) is 15.1. The molecule has 0 spiro atoms. The zero-order valence-electron chi connectivity index (χ0n) is 25.7. The summed E-state index contributed by atoms with van der Waals surface area (Å²) in [5.41, 5.74) is 2.61. The molecule has 0 saturated carbocycles.